The Labute approximate surface area is 101 Å². The Hall–Kier alpha value is -1.84. The summed E-state index contributed by atoms with van der Waals surface area (Å²) in [5, 5.41) is 8.85. The van der Waals surface area contributed by atoms with E-state index in [1.807, 2.05) is 26.8 Å². The molecule has 0 saturated carbocycles. The predicted molar refractivity (Wildman–Crippen MR) is 64.9 cm³/mol. The zero-order valence-corrected chi connectivity index (χ0v) is 10.3. The Kier molecular flexibility index (Phi) is 3.89. The molecule has 0 aromatic heterocycles. The van der Waals surface area contributed by atoms with Crippen molar-refractivity contribution in [3.8, 4) is 0 Å². The Balaban J connectivity index is 3.00. The molecule has 17 heavy (non-hydrogen) atoms. The second-order valence-electron chi connectivity index (χ2n) is 4.82. The van der Waals surface area contributed by atoms with E-state index in [4.69, 9.17) is 5.11 Å². The van der Waals surface area contributed by atoms with Crippen LogP contribution in [0.15, 0.2) is 30.3 Å². The molecular formula is C13H17NO3. The summed E-state index contributed by atoms with van der Waals surface area (Å²) in [6, 6.07) is 8.70. The Bertz CT molecular complexity index is 406. The summed E-state index contributed by atoms with van der Waals surface area (Å²) in [6.45, 7) is 5.15. The summed E-state index contributed by atoms with van der Waals surface area (Å²) in [5.74, 6) is -1.27. The molecule has 0 saturated heterocycles. The molecule has 0 radical (unpaired) electrons. The number of nitrogens with zero attached hydrogens (tertiary/aromatic N) is 1. The lowest BCUT2D eigenvalue weighted by Gasteiger charge is -2.34. The van der Waals surface area contributed by atoms with Crippen LogP contribution in [0.2, 0.25) is 0 Å². The molecule has 1 amide bonds. The number of hydrogen-bond donors (Lipinski definition) is 1. The molecule has 92 valence electrons. The van der Waals surface area contributed by atoms with Crippen molar-refractivity contribution < 1.29 is 14.7 Å². The second kappa shape index (κ2) is 4.99. The average molecular weight is 235 g/mol. The summed E-state index contributed by atoms with van der Waals surface area (Å²) in [6.07, 6.45) is 0. The maximum atomic E-state index is 12.2. The number of carbonyl (C=O) groups is 2. The third kappa shape index (κ3) is 3.59. The molecule has 0 bridgehead atoms. The van der Waals surface area contributed by atoms with Crippen LogP contribution in [0.5, 0.6) is 0 Å². The molecule has 1 rings (SSSR count). The summed E-state index contributed by atoms with van der Waals surface area (Å²) >= 11 is 0. The van der Waals surface area contributed by atoms with Crippen LogP contribution in [-0.4, -0.2) is 34.0 Å². The van der Waals surface area contributed by atoms with Crippen molar-refractivity contribution in [3.05, 3.63) is 35.9 Å². The van der Waals surface area contributed by atoms with Crippen molar-refractivity contribution in [1.82, 2.24) is 4.90 Å². The summed E-state index contributed by atoms with van der Waals surface area (Å²) in [7, 11) is 0. The molecule has 0 fully saturated rings. The van der Waals surface area contributed by atoms with Gasteiger partial charge in [0, 0.05) is 11.1 Å². The van der Waals surface area contributed by atoms with Crippen molar-refractivity contribution in [3.63, 3.8) is 0 Å². The zero-order chi connectivity index (χ0) is 13.1. The van der Waals surface area contributed by atoms with Gasteiger partial charge >= 0.3 is 5.97 Å². The summed E-state index contributed by atoms with van der Waals surface area (Å²) in [4.78, 5) is 24.3. The minimum absolute atomic E-state index is 0.263. The van der Waals surface area contributed by atoms with Gasteiger partial charge in [0.2, 0.25) is 0 Å². The highest BCUT2D eigenvalue weighted by Gasteiger charge is 2.28. The molecule has 4 nitrogen and oxygen atoms in total. The molecular weight excluding hydrogens is 218 g/mol. The quantitative estimate of drug-likeness (QED) is 0.871. The van der Waals surface area contributed by atoms with E-state index in [1.165, 1.54) is 4.90 Å². The van der Waals surface area contributed by atoms with E-state index in [9.17, 15) is 9.59 Å². The molecule has 1 N–H and O–H groups in total. The van der Waals surface area contributed by atoms with Crippen molar-refractivity contribution >= 4 is 11.9 Å². The second-order valence-corrected chi connectivity index (χ2v) is 4.82. The molecule has 0 aliphatic carbocycles. The van der Waals surface area contributed by atoms with Gasteiger partial charge in [-0.15, -0.1) is 0 Å². The molecule has 1 aromatic carbocycles. The molecule has 0 atom stereocenters. The molecule has 1 aromatic rings. The van der Waals surface area contributed by atoms with Crippen LogP contribution in [0.3, 0.4) is 0 Å². The number of rotatable bonds is 3. The fourth-order valence-corrected chi connectivity index (χ4v) is 1.49. The highest BCUT2D eigenvalue weighted by Crippen LogP contribution is 2.16. The first-order chi connectivity index (χ1) is 7.82. The fourth-order valence-electron chi connectivity index (χ4n) is 1.49. The van der Waals surface area contributed by atoms with Gasteiger partial charge in [0.1, 0.15) is 6.54 Å². The van der Waals surface area contributed by atoms with E-state index in [2.05, 4.69) is 0 Å². The normalized spacial score (nSPS) is 11.0. The lowest BCUT2D eigenvalue weighted by molar-refractivity contribution is -0.138. The van der Waals surface area contributed by atoms with Crippen LogP contribution >= 0.6 is 0 Å². The van der Waals surface area contributed by atoms with Crippen LogP contribution in [0.1, 0.15) is 31.1 Å². The number of aliphatic carboxylic acids is 1. The first kappa shape index (κ1) is 13.2. The number of benzene rings is 1. The minimum Gasteiger partial charge on any atom is -0.480 e. The molecule has 4 heteroatoms. The van der Waals surface area contributed by atoms with E-state index >= 15 is 0 Å². The lowest BCUT2D eigenvalue weighted by atomic mass is 10.0. The summed E-state index contributed by atoms with van der Waals surface area (Å²) < 4.78 is 0. The fraction of sp³-hybridized carbons (Fsp3) is 0.385. The van der Waals surface area contributed by atoms with E-state index in [0.29, 0.717) is 5.56 Å². The third-order valence-corrected chi connectivity index (χ3v) is 2.37. The molecule has 0 aliphatic rings. The number of hydrogen-bond acceptors (Lipinski definition) is 2. The van der Waals surface area contributed by atoms with E-state index < -0.39 is 11.5 Å². The molecule has 0 aliphatic heterocycles. The third-order valence-electron chi connectivity index (χ3n) is 2.37. The van der Waals surface area contributed by atoms with Gasteiger partial charge in [0.25, 0.3) is 5.91 Å². The van der Waals surface area contributed by atoms with Crippen LogP contribution in [-0.2, 0) is 4.79 Å². The Morgan fingerprint density at radius 1 is 1.18 bits per heavy atom. The van der Waals surface area contributed by atoms with Gasteiger partial charge in [0.05, 0.1) is 0 Å². The summed E-state index contributed by atoms with van der Waals surface area (Å²) in [5.41, 5.74) is -0.0191. The van der Waals surface area contributed by atoms with Crippen LogP contribution < -0.4 is 0 Å². The molecule has 0 spiro atoms. The lowest BCUT2D eigenvalue weighted by Crippen LogP contribution is -2.48. The topological polar surface area (TPSA) is 57.6 Å². The van der Waals surface area contributed by atoms with Gasteiger partial charge in [-0.1, -0.05) is 18.2 Å². The number of carbonyl (C=O) groups excluding carboxylic acids is 1. The predicted octanol–water partition coefficient (Wildman–Crippen LogP) is 2.01. The number of amides is 1. The highest BCUT2D eigenvalue weighted by molar-refractivity contribution is 5.96. The first-order valence-corrected chi connectivity index (χ1v) is 5.41. The van der Waals surface area contributed by atoms with Gasteiger partial charge in [-0.3, -0.25) is 9.59 Å². The van der Waals surface area contributed by atoms with Gasteiger partial charge in [0.15, 0.2) is 0 Å². The van der Waals surface area contributed by atoms with E-state index in [-0.39, 0.29) is 12.5 Å². The van der Waals surface area contributed by atoms with Gasteiger partial charge < -0.3 is 10.0 Å². The van der Waals surface area contributed by atoms with E-state index in [1.54, 1.807) is 24.3 Å². The SMILES string of the molecule is CC(C)(C)N(CC(=O)O)C(=O)c1ccccc1. The van der Waals surface area contributed by atoms with Crippen molar-refractivity contribution in [2.45, 2.75) is 26.3 Å². The Morgan fingerprint density at radius 3 is 2.12 bits per heavy atom. The largest absolute Gasteiger partial charge is 0.480 e. The molecule has 0 heterocycles. The highest BCUT2D eigenvalue weighted by atomic mass is 16.4. The minimum atomic E-state index is -1.01. The van der Waals surface area contributed by atoms with Crippen molar-refractivity contribution in [1.29, 1.82) is 0 Å². The maximum absolute atomic E-state index is 12.2. The smallest absolute Gasteiger partial charge is 0.323 e. The number of carboxylic acid groups (broad SMARTS) is 1. The molecule has 0 unspecified atom stereocenters. The van der Waals surface area contributed by atoms with Crippen LogP contribution in [0.4, 0.5) is 0 Å². The van der Waals surface area contributed by atoms with Crippen molar-refractivity contribution in [2.75, 3.05) is 6.54 Å². The van der Waals surface area contributed by atoms with E-state index in [0.717, 1.165) is 0 Å². The maximum Gasteiger partial charge on any atom is 0.323 e. The average Bonchev–Trinajstić information content (AvgIpc) is 2.24. The van der Waals surface area contributed by atoms with Gasteiger partial charge in [-0.05, 0) is 32.9 Å². The van der Waals surface area contributed by atoms with Gasteiger partial charge in [-0.25, -0.2) is 0 Å². The number of carboxylic acids is 1. The zero-order valence-electron chi connectivity index (χ0n) is 10.3. The monoisotopic (exact) mass is 235 g/mol. The van der Waals surface area contributed by atoms with Crippen LogP contribution in [0, 0.1) is 0 Å². The van der Waals surface area contributed by atoms with Crippen molar-refractivity contribution in [2.24, 2.45) is 0 Å². The van der Waals surface area contributed by atoms with Gasteiger partial charge in [-0.2, -0.15) is 0 Å². The van der Waals surface area contributed by atoms with Crippen LogP contribution in [0.25, 0.3) is 0 Å². The standard InChI is InChI=1S/C13H17NO3/c1-13(2,3)14(9-11(15)16)12(17)10-7-5-4-6-8-10/h4-8H,9H2,1-3H3,(H,15,16). The Morgan fingerprint density at radius 2 is 1.71 bits per heavy atom. The first-order valence-electron chi connectivity index (χ1n) is 5.41.